The first-order valence-corrected chi connectivity index (χ1v) is 34.6. The molecule has 1 saturated carbocycles. The second-order valence-electron chi connectivity index (χ2n) is 25.5. The fourth-order valence-electron chi connectivity index (χ4n) is 14.5. The molecule has 2 spiro atoms. The van der Waals surface area contributed by atoms with Crippen molar-refractivity contribution < 1.29 is 44.4 Å². The van der Waals surface area contributed by atoms with E-state index in [1.165, 1.54) is 39.2 Å². The zero-order chi connectivity index (χ0) is 62.8. The number of hydrogen-bond acceptors (Lipinski definition) is 9. The molecule has 15 rings (SSSR count). The number of rotatable bonds is 7. The minimum absolute atomic E-state index is 0.105. The first kappa shape index (κ1) is 62.4. The van der Waals surface area contributed by atoms with Crippen molar-refractivity contribution in [3.63, 3.8) is 0 Å². The van der Waals surface area contributed by atoms with E-state index in [0.717, 1.165) is 116 Å². The third-order valence-electron chi connectivity index (χ3n) is 19.4. The maximum absolute atomic E-state index is 13.2. The van der Waals surface area contributed by atoms with Crippen LogP contribution in [0.2, 0.25) is 10.0 Å². The van der Waals surface area contributed by atoms with Crippen molar-refractivity contribution >= 4 is 116 Å². The van der Waals surface area contributed by atoms with Gasteiger partial charge in [0.2, 0.25) is 26.0 Å². The Bertz CT molecular complexity index is 4210. The highest BCUT2D eigenvalue weighted by molar-refractivity contribution is 7.90. The molecule has 4 amide bonds. The molecule has 18 nitrogen and oxygen atoms in total. The first-order chi connectivity index (χ1) is 42.3. The Morgan fingerprint density at radius 2 is 1.11 bits per heavy atom. The van der Waals surface area contributed by atoms with E-state index in [2.05, 4.69) is 77.2 Å². The quantitative estimate of drug-likeness (QED) is 0.0751. The molecule has 10 heterocycles. The summed E-state index contributed by atoms with van der Waals surface area (Å²) in [4.78, 5) is 52.1. The van der Waals surface area contributed by atoms with Crippen LogP contribution < -0.4 is 25.8 Å². The SMILES string of the molecule is CC1(C)CC(c2cccc3[nH]ccc23)CCN1S(C)(=O)=O.O=C1NC(=O)C2(CCN(c3cc(C(F)(F)F)cc4[nH]ccc34)CC2)N1.O=C1NCCC12CCN(c1cc(Cl)cc3[nH]ccc13)CC2.O=S(=O)(C1CC1)N1CCC(c2cc(Cl)cc3[nH]ccc23)CC1. The molecule has 4 aromatic heterocycles. The van der Waals surface area contributed by atoms with Crippen LogP contribution in [0.1, 0.15) is 113 Å². The van der Waals surface area contributed by atoms with E-state index in [1.54, 1.807) is 20.9 Å². The van der Waals surface area contributed by atoms with Gasteiger partial charge in [0.25, 0.3) is 5.91 Å². The van der Waals surface area contributed by atoms with Gasteiger partial charge in [0.1, 0.15) is 5.54 Å². The van der Waals surface area contributed by atoms with Crippen molar-refractivity contribution in [3.05, 3.63) is 130 Å². The molecule has 7 N–H and O–H groups in total. The first-order valence-electron chi connectivity index (χ1n) is 30.5. The minimum Gasteiger partial charge on any atom is -0.371 e. The lowest BCUT2D eigenvalue weighted by atomic mass is 9.77. The summed E-state index contributed by atoms with van der Waals surface area (Å²) in [5.74, 6) is 0.660. The molecule has 474 valence electrons. The van der Waals surface area contributed by atoms with Crippen molar-refractivity contribution in [2.45, 2.75) is 119 Å². The summed E-state index contributed by atoms with van der Waals surface area (Å²) in [5.41, 5.74) is 5.78. The van der Waals surface area contributed by atoms with Crippen LogP contribution >= 0.6 is 23.2 Å². The molecule has 7 aliphatic rings. The van der Waals surface area contributed by atoms with Crippen LogP contribution in [0.5, 0.6) is 0 Å². The molecule has 0 bridgehead atoms. The Morgan fingerprint density at radius 3 is 1.66 bits per heavy atom. The summed E-state index contributed by atoms with van der Waals surface area (Å²) in [5, 5.41) is 13.6. The normalized spacial score (nSPS) is 21.5. The van der Waals surface area contributed by atoms with E-state index in [-0.39, 0.29) is 28.0 Å². The molecule has 1 unspecified atom stereocenters. The highest BCUT2D eigenvalue weighted by Crippen LogP contribution is 2.45. The number of urea groups is 1. The Morgan fingerprint density at radius 1 is 0.573 bits per heavy atom. The smallest absolute Gasteiger partial charge is 0.371 e. The molecule has 6 saturated heterocycles. The van der Waals surface area contributed by atoms with Gasteiger partial charge in [0, 0.05) is 148 Å². The van der Waals surface area contributed by atoms with Gasteiger partial charge < -0.3 is 40.4 Å². The number of benzene rings is 4. The summed E-state index contributed by atoms with van der Waals surface area (Å²) in [6.45, 7) is 9.29. The van der Waals surface area contributed by atoms with Gasteiger partial charge in [0.15, 0.2) is 0 Å². The lowest BCUT2D eigenvalue weighted by Gasteiger charge is -2.44. The fourth-order valence-corrected chi connectivity index (χ4v) is 18.3. The predicted molar refractivity (Wildman–Crippen MR) is 344 cm³/mol. The van der Waals surface area contributed by atoms with E-state index >= 15 is 0 Å². The third-order valence-corrected chi connectivity index (χ3v) is 23.7. The molecule has 25 heteroatoms. The molecule has 7 fully saturated rings. The van der Waals surface area contributed by atoms with Gasteiger partial charge >= 0.3 is 12.2 Å². The van der Waals surface area contributed by atoms with Gasteiger partial charge in [-0.15, -0.1) is 0 Å². The number of carbonyl (C=O) groups is 3. The van der Waals surface area contributed by atoms with Gasteiger partial charge in [-0.1, -0.05) is 35.3 Å². The second-order valence-corrected chi connectivity index (χ2v) is 30.5. The van der Waals surface area contributed by atoms with Gasteiger partial charge in [-0.25, -0.2) is 25.9 Å². The number of amides is 4. The van der Waals surface area contributed by atoms with E-state index in [0.29, 0.717) is 74.0 Å². The summed E-state index contributed by atoms with van der Waals surface area (Å²) in [7, 11) is -6.18. The second kappa shape index (κ2) is 24.1. The van der Waals surface area contributed by atoms with Gasteiger partial charge in [0.05, 0.1) is 22.5 Å². The van der Waals surface area contributed by atoms with E-state index < -0.39 is 43.4 Å². The topological polar surface area (TPSA) is 232 Å². The van der Waals surface area contributed by atoms with Crippen LogP contribution in [0.25, 0.3) is 43.6 Å². The number of aromatic amines is 4. The van der Waals surface area contributed by atoms with Gasteiger partial charge in [-0.2, -0.15) is 17.5 Å². The number of halogens is 5. The van der Waals surface area contributed by atoms with Crippen LogP contribution in [0.4, 0.5) is 29.3 Å². The van der Waals surface area contributed by atoms with Crippen molar-refractivity contribution in [1.82, 2.24) is 44.5 Å². The number of imide groups is 1. The number of alkyl halides is 3. The number of hydrogen-bond donors (Lipinski definition) is 7. The fraction of sp³-hybridized carbons (Fsp3) is 0.453. The molecule has 1 aliphatic carbocycles. The standard InChI is InChI=1S/C16H18ClN3O.C16H19ClN2O2S.C16H15F3N4O2.C16H22N2O2S/c17-11-9-13-12(1-5-18-13)14(10-11)20-7-3-16(4-8-20)2-6-19-15(16)21;17-12-9-15(14-3-6-18-16(14)10-12)11-4-7-19(8-5-11)22(20,21)13-1-2-13;17-16(18,19)9-7-11-10(1-4-20-11)12(8-9)23-5-2-15(3-6-23)13(24)21-14(25)22-15;1-16(2)11-12(8-10-18(16)21(3,19)20)13-5-4-6-15-14(13)7-9-17-15/h1,5,9-10,18H,2-4,6-8H2,(H,19,21);3,6,9-11,13,18H,1-2,4-5,7-8H2;1,4,7-8,20H,2-3,5-6H2,(H2,21,22,24,25);4-7,9,12,17H,8,10-11H2,1-3H3. The summed E-state index contributed by atoms with van der Waals surface area (Å²) < 4.78 is 91.4. The van der Waals surface area contributed by atoms with Crippen molar-refractivity contribution in [1.29, 1.82) is 0 Å². The molecular formula is C64H74Cl2F3N11O7S2. The zero-order valence-electron chi connectivity index (χ0n) is 49.8. The van der Waals surface area contributed by atoms with Crippen LogP contribution in [0.3, 0.4) is 0 Å². The van der Waals surface area contributed by atoms with Crippen molar-refractivity contribution in [2.24, 2.45) is 5.41 Å². The lowest BCUT2D eigenvalue weighted by molar-refractivity contribution is -0.137. The minimum atomic E-state index is -4.44. The maximum Gasteiger partial charge on any atom is 0.416 e. The van der Waals surface area contributed by atoms with Gasteiger partial charge in [-0.3, -0.25) is 14.9 Å². The van der Waals surface area contributed by atoms with Crippen LogP contribution in [0.15, 0.2) is 104 Å². The Kier molecular flexibility index (Phi) is 16.9. The Balaban J connectivity index is 0.000000116. The number of sulfonamides is 2. The number of nitrogens with zero attached hydrogens (tertiary/aromatic N) is 4. The number of piperidine rings is 4. The average Bonchev–Trinajstić information content (AvgIpc) is 2.62. The van der Waals surface area contributed by atoms with Crippen molar-refractivity contribution in [2.75, 3.05) is 68.4 Å². The third kappa shape index (κ3) is 12.7. The molecule has 6 aliphatic heterocycles. The van der Waals surface area contributed by atoms with E-state index in [1.807, 2.05) is 61.6 Å². The summed E-state index contributed by atoms with van der Waals surface area (Å²) in [6.07, 6.45) is 13.0. The van der Waals surface area contributed by atoms with E-state index in [9.17, 15) is 44.4 Å². The number of aromatic nitrogens is 4. The zero-order valence-corrected chi connectivity index (χ0v) is 53.0. The average molecular weight is 1300 g/mol. The Hall–Kier alpha value is -6.76. The molecule has 0 radical (unpaired) electrons. The monoisotopic (exact) mass is 1300 g/mol. The predicted octanol–water partition coefficient (Wildman–Crippen LogP) is 11.9. The van der Waals surface area contributed by atoms with Crippen LogP contribution in [0, 0.1) is 5.41 Å². The number of fused-ring (bicyclic) bond motifs is 4. The van der Waals surface area contributed by atoms with Gasteiger partial charge in [-0.05, 0) is 174 Å². The molecule has 89 heavy (non-hydrogen) atoms. The number of carbonyl (C=O) groups excluding carboxylic acids is 3. The van der Waals surface area contributed by atoms with Crippen LogP contribution in [-0.4, -0.2) is 138 Å². The number of nitrogens with one attached hydrogen (secondary N) is 7. The highest BCUT2D eigenvalue weighted by Gasteiger charge is 2.49. The number of H-pyrrole nitrogens is 4. The Labute approximate surface area is 525 Å². The molecule has 1 atom stereocenters. The summed E-state index contributed by atoms with van der Waals surface area (Å²) in [6, 6.07) is 24.0. The van der Waals surface area contributed by atoms with Crippen molar-refractivity contribution in [3.8, 4) is 0 Å². The summed E-state index contributed by atoms with van der Waals surface area (Å²) >= 11 is 12.5. The number of anilines is 2. The maximum atomic E-state index is 13.2. The largest absolute Gasteiger partial charge is 0.416 e. The molecule has 8 aromatic rings. The van der Waals surface area contributed by atoms with E-state index in [4.69, 9.17) is 23.2 Å². The highest BCUT2D eigenvalue weighted by atomic mass is 35.5. The lowest BCUT2D eigenvalue weighted by Crippen LogP contribution is -2.55. The molecular weight excluding hydrogens is 1230 g/mol. The van der Waals surface area contributed by atoms with Crippen LogP contribution in [-0.2, 0) is 35.8 Å². The molecule has 4 aromatic carbocycles.